The van der Waals surface area contributed by atoms with Gasteiger partial charge in [0.1, 0.15) is 17.1 Å². The summed E-state index contributed by atoms with van der Waals surface area (Å²) < 4.78 is 0. The van der Waals surface area contributed by atoms with E-state index >= 15 is 0 Å². The molecule has 2 aromatic rings. The molecule has 0 radical (unpaired) electrons. The summed E-state index contributed by atoms with van der Waals surface area (Å²) in [5.41, 5.74) is 1.92. The number of hydrogen-bond donors (Lipinski definition) is 0. The SMILES string of the molecule is O=C=C1C=CN2C(c3cccnc3)SC(N3CCN(c4ccccn4)CC3)C12. The molecule has 5 rings (SSSR count). The summed E-state index contributed by atoms with van der Waals surface area (Å²) in [7, 11) is 0. The average Bonchev–Trinajstić information content (AvgIpc) is 3.36. The van der Waals surface area contributed by atoms with Gasteiger partial charge in [0.25, 0.3) is 0 Å². The van der Waals surface area contributed by atoms with Gasteiger partial charge in [0.2, 0.25) is 0 Å². The highest BCUT2D eigenvalue weighted by Crippen LogP contribution is 2.51. The fraction of sp³-hybridized carbons (Fsp3) is 0.333. The molecule has 2 fully saturated rings. The van der Waals surface area contributed by atoms with Gasteiger partial charge in [-0.15, -0.1) is 11.8 Å². The van der Waals surface area contributed by atoms with Crippen LogP contribution in [0.4, 0.5) is 5.82 Å². The molecule has 0 spiro atoms. The molecule has 0 saturated carbocycles. The summed E-state index contributed by atoms with van der Waals surface area (Å²) in [6.07, 6.45) is 9.52. The highest BCUT2D eigenvalue weighted by molar-refractivity contribution is 8.00. The first-order chi connectivity index (χ1) is 13.8. The lowest BCUT2D eigenvalue weighted by Gasteiger charge is -2.39. The first kappa shape index (κ1) is 17.5. The molecular formula is C21H21N5OS. The van der Waals surface area contributed by atoms with Crippen molar-refractivity contribution in [2.45, 2.75) is 16.8 Å². The quantitative estimate of drug-likeness (QED) is 0.745. The molecule has 0 amide bonds. The van der Waals surface area contributed by atoms with E-state index in [9.17, 15) is 4.79 Å². The van der Waals surface area contributed by atoms with Crippen LogP contribution in [-0.4, -0.2) is 63.3 Å². The molecule has 0 N–H and O–H groups in total. The highest BCUT2D eigenvalue weighted by Gasteiger charge is 2.48. The molecule has 6 nitrogen and oxygen atoms in total. The average molecular weight is 392 g/mol. The normalized spacial score (nSPS) is 27.1. The van der Waals surface area contributed by atoms with Crippen LogP contribution in [0.1, 0.15) is 10.9 Å². The van der Waals surface area contributed by atoms with Crippen molar-refractivity contribution in [3.8, 4) is 0 Å². The second-order valence-corrected chi connectivity index (χ2v) is 8.34. The second-order valence-electron chi connectivity index (χ2n) is 7.14. The number of pyridine rings is 2. The summed E-state index contributed by atoms with van der Waals surface area (Å²) in [6.45, 7) is 3.77. The van der Waals surface area contributed by atoms with Crippen molar-refractivity contribution in [1.82, 2.24) is 19.8 Å². The van der Waals surface area contributed by atoms with Crippen LogP contribution >= 0.6 is 11.8 Å². The number of fused-ring (bicyclic) bond motifs is 1. The van der Waals surface area contributed by atoms with Crippen LogP contribution in [-0.2, 0) is 4.79 Å². The van der Waals surface area contributed by atoms with Gasteiger partial charge in [0.05, 0.1) is 17.0 Å². The van der Waals surface area contributed by atoms with Crippen molar-refractivity contribution in [3.63, 3.8) is 0 Å². The van der Waals surface area contributed by atoms with Crippen LogP contribution in [0.5, 0.6) is 0 Å². The minimum Gasteiger partial charge on any atom is -0.354 e. The van der Waals surface area contributed by atoms with Crippen molar-refractivity contribution in [3.05, 3.63) is 72.3 Å². The maximum atomic E-state index is 11.6. The summed E-state index contributed by atoms with van der Waals surface area (Å²) >= 11 is 1.91. The summed E-state index contributed by atoms with van der Waals surface area (Å²) in [5.74, 6) is 3.21. The van der Waals surface area contributed by atoms with E-state index in [1.54, 1.807) is 6.20 Å². The van der Waals surface area contributed by atoms with E-state index in [0.29, 0.717) is 0 Å². The second kappa shape index (κ2) is 7.43. The monoisotopic (exact) mass is 391 g/mol. The van der Waals surface area contributed by atoms with E-state index < -0.39 is 0 Å². The van der Waals surface area contributed by atoms with E-state index in [4.69, 9.17) is 0 Å². The molecule has 5 heterocycles. The number of nitrogens with zero attached hydrogens (tertiary/aromatic N) is 5. The van der Waals surface area contributed by atoms with E-state index in [2.05, 4.69) is 42.7 Å². The summed E-state index contributed by atoms with van der Waals surface area (Å²) in [4.78, 5) is 27.4. The Morgan fingerprint density at radius 3 is 2.68 bits per heavy atom. The molecule has 2 aromatic heterocycles. The van der Waals surface area contributed by atoms with Crippen LogP contribution in [0.2, 0.25) is 0 Å². The van der Waals surface area contributed by atoms with Crippen molar-refractivity contribution in [2.75, 3.05) is 31.1 Å². The minimum atomic E-state index is 0.0501. The fourth-order valence-electron chi connectivity index (χ4n) is 4.22. The fourth-order valence-corrected chi connectivity index (χ4v) is 5.94. The number of thioether (sulfide) groups is 1. The molecule has 3 aliphatic rings. The Morgan fingerprint density at radius 2 is 1.96 bits per heavy atom. The van der Waals surface area contributed by atoms with Crippen LogP contribution in [0.3, 0.4) is 0 Å². The Kier molecular flexibility index (Phi) is 4.64. The van der Waals surface area contributed by atoms with Crippen molar-refractivity contribution >= 4 is 23.5 Å². The maximum Gasteiger partial charge on any atom is 0.130 e. The lowest BCUT2D eigenvalue weighted by atomic mass is 10.1. The number of aromatic nitrogens is 2. The topological polar surface area (TPSA) is 52.6 Å². The molecule has 3 atom stereocenters. The van der Waals surface area contributed by atoms with Gasteiger partial charge in [-0.25, -0.2) is 9.78 Å². The van der Waals surface area contributed by atoms with Gasteiger partial charge in [-0.1, -0.05) is 12.1 Å². The Hall–Kier alpha value is -2.60. The van der Waals surface area contributed by atoms with Crippen LogP contribution in [0, 0.1) is 0 Å². The van der Waals surface area contributed by atoms with Gasteiger partial charge >= 0.3 is 0 Å². The molecule has 28 heavy (non-hydrogen) atoms. The predicted molar refractivity (Wildman–Crippen MR) is 110 cm³/mol. The van der Waals surface area contributed by atoms with Gasteiger partial charge < -0.3 is 9.80 Å². The number of piperazine rings is 1. The standard InChI is InChI=1S/C21H21N5OS/c27-15-17-6-9-26-19(17)21(28-20(26)16-4-3-7-22-14-16)25-12-10-24(11-13-25)18-5-1-2-8-23-18/h1-9,14,19-21H,10-13H2. The number of rotatable bonds is 3. The molecule has 142 valence electrons. The van der Waals surface area contributed by atoms with Gasteiger partial charge in [0.15, 0.2) is 0 Å². The smallest absolute Gasteiger partial charge is 0.130 e. The molecule has 7 heteroatoms. The van der Waals surface area contributed by atoms with Crippen molar-refractivity contribution in [1.29, 1.82) is 0 Å². The largest absolute Gasteiger partial charge is 0.354 e. The number of hydrogen-bond acceptors (Lipinski definition) is 7. The van der Waals surface area contributed by atoms with E-state index in [1.165, 1.54) is 5.56 Å². The van der Waals surface area contributed by atoms with Crippen LogP contribution in [0.25, 0.3) is 0 Å². The number of carbonyl (C=O) groups excluding carboxylic acids is 1. The lowest BCUT2D eigenvalue weighted by Crippen LogP contribution is -2.52. The minimum absolute atomic E-state index is 0.0501. The molecular weight excluding hydrogens is 370 g/mol. The maximum absolute atomic E-state index is 11.6. The zero-order chi connectivity index (χ0) is 18.9. The van der Waals surface area contributed by atoms with Gasteiger partial charge in [-0.3, -0.25) is 9.88 Å². The third-order valence-electron chi connectivity index (χ3n) is 5.61. The van der Waals surface area contributed by atoms with E-state index in [0.717, 1.165) is 37.6 Å². The van der Waals surface area contributed by atoms with Crippen LogP contribution in [0.15, 0.2) is 66.8 Å². The Labute approximate surface area is 168 Å². The number of anilines is 1. The molecule has 2 saturated heterocycles. The van der Waals surface area contributed by atoms with Gasteiger partial charge in [-0.05, 0) is 24.3 Å². The van der Waals surface area contributed by atoms with Gasteiger partial charge in [0, 0.05) is 56.5 Å². The lowest BCUT2D eigenvalue weighted by molar-refractivity contribution is 0.190. The third-order valence-corrected chi connectivity index (χ3v) is 7.22. The Morgan fingerprint density at radius 1 is 1.07 bits per heavy atom. The zero-order valence-corrected chi connectivity index (χ0v) is 16.2. The summed E-state index contributed by atoms with van der Waals surface area (Å²) in [5, 5.41) is 0.391. The predicted octanol–water partition coefficient (Wildman–Crippen LogP) is 2.33. The van der Waals surface area contributed by atoms with Crippen LogP contribution < -0.4 is 4.90 Å². The summed E-state index contributed by atoms with van der Waals surface area (Å²) in [6, 6.07) is 10.2. The van der Waals surface area contributed by atoms with Gasteiger partial charge in [-0.2, -0.15) is 0 Å². The first-order valence-electron chi connectivity index (χ1n) is 9.51. The molecule has 0 aliphatic carbocycles. The molecule has 3 aliphatic heterocycles. The first-order valence-corrected chi connectivity index (χ1v) is 10.5. The third kappa shape index (κ3) is 3.02. The van der Waals surface area contributed by atoms with Crippen molar-refractivity contribution < 1.29 is 4.79 Å². The zero-order valence-electron chi connectivity index (χ0n) is 15.4. The molecule has 0 aromatic carbocycles. The van der Waals surface area contributed by atoms with E-state index in [-0.39, 0.29) is 16.8 Å². The Bertz CT molecular complexity index is 907. The highest BCUT2D eigenvalue weighted by atomic mass is 32.2. The Balaban J connectivity index is 1.35. The van der Waals surface area contributed by atoms with Crippen molar-refractivity contribution in [2.24, 2.45) is 0 Å². The molecule has 3 unspecified atom stereocenters. The van der Waals surface area contributed by atoms with E-state index in [1.807, 2.05) is 54.6 Å². The molecule has 0 bridgehead atoms.